The highest BCUT2D eigenvalue weighted by atomic mass is 32.2. The fraction of sp³-hybridized carbons (Fsp3) is 0.278. The predicted octanol–water partition coefficient (Wildman–Crippen LogP) is 0.982. The number of benzene rings is 1. The number of anilines is 2. The Morgan fingerprint density at radius 3 is 2.14 bits per heavy atom. The molecule has 3 rings (SSSR count). The van der Waals surface area contributed by atoms with E-state index in [0.717, 1.165) is 4.90 Å². The molecule has 0 aliphatic carbocycles. The first-order valence-electron chi connectivity index (χ1n) is 8.72. The van der Waals surface area contributed by atoms with Crippen LogP contribution >= 0.6 is 0 Å². The molecular weight excluding hydrogens is 398 g/mol. The highest BCUT2D eigenvalue weighted by Crippen LogP contribution is 2.17. The third-order valence-electron chi connectivity index (χ3n) is 4.11. The van der Waals surface area contributed by atoms with Crippen LogP contribution < -0.4 is 10.0 Å². The molecular formula is C18H19N5O5S. The zero-order valence-corrected chi connectivity index (χ0v) is 16.6. The van der Waals surface area contributed by atoms with Crippen LogP contribution in [-0.2, 0) is 24.4 Å². The van der Waals surface area contributed by atoms with E-state index in [1.165, 1.54) is 24.3 Å². The molecule has 0 saturated carbocycles. The summed E-state index contributed by atoms with van der Waals surface area (Å²) < 4.78 is 27.3. The number of hydrogen-bond donors (Lipinski definition) is 2. The van der Waals surface area contributed by atoms with E-state index in [-0.39, 0.29) is 42.0 Å². The second kappa shape index (κ2) is 7.95. The second-order valence-corrected chi connectivity index (χ2v) is 8.21. The van der Waals surface area contributed by atoms with Crippen molar-refractivity contribution >= 4 is 39.4 Å². The Morgan fingerprint density at radius 2 is 1.59 bits per heavy atom. The molecule has 1 saturated heterocycles. The molecule has 2 aromatic rings. The summed E-state index contributed by atoms with van der Waals surface area (Å²) >= 11 is 0. The van der Waals surface area contributed by atoms with Crippen LogP contribution in [0.25, 0.3) is 0 Å². The third-order valence-corrected chi connectivity index (χ3v) is 5.46. The molecule has 1 aliphatic rings. The van der Waals surface area contributed by atoms with E-state index in [1.54, 1.807) is 19.9 Å². The molecule has 2 heterocycles. The van der Waals surface area contributed by atoms with Crippen LogP contribution in [0.2, 0.25) is 0 Å². The lowest BCUT2D eigenvalue weighted by molar-refractivity contribution is -0.141. The van der Waals surface area contributed by atoms with Gasteiger partial charge in [0.25, 0.3) is 10.0 Å². The molecule has 0 atom stereocenters. The maximum Gasteiger partial charge on any atom is 0.264 e. The number of carbonyl (C=O) groups excluding carboxylic acids is 3. The Morgan fingerprint density at radius 1 is 1.03 bits per heavy atom. The summed E-state index contributed by atoms with van der Waals surface area (Å²) in [4.78, 5) is 44.1. The van der Waals surface area contributed by atoms with Gasteiger partial charge in [-0.25, -0.2) is 23.1 Å². The van der Waals surface area contributed by atoms with E-state index in [2.05, 4.69) is 20.0 Å². The first kappa shape index (κ1) is 20.4. The number of amides is 3. The second-order valence-electron chi connectivity index (χ2n) is 6.53. The van der Waals surface area contributed by atoms with Crippen molar-refractivity contribution in [1.29, 1.82) is 0 Å². The van der Waals surface area contributed by atoms with Gasteiger partial charge in [-0.2, -0.15) is 0 Å². The monoisotopic (exact) mass is 417 g/mol. The molecule has 1 fully saturated rings. The maximum atomic E-state index is 12.5. The lowest BCUT2D eigenvalue weighted by Gasteiger charge is -2.13. The van der Waals surface area contributed by atoms with Crippen molar-refractivity contribution in [3.63, 3.8) is 0 Å². The molecule has 0 unspecified atom stereocenters. The first-order valence-corrected chi connectivity index (χ1v) is 10.2. The molecule has 1 aromatic carbocycles. The maximum absolute atomic E-state index is 12.5. The smallest absolute Gasteiger partial charge is 0.264 e. The minimum Gasteiger partial charge on any atom is -0.325 e. The minimum absolute atomic E-state index is 0.0279. The number of nitrogens with zero attached hydrogens (tertiary/aromatic N) is 3. The highest BCUT2D eigenvalue weighted by molar-refractivity contribution is 7.92. The quantitative estimate of drug-likeness (QED) is 0.668. The molecule has 0 spiro atoms. The molecule has 1 aromatic heterocycles. The van der Waals surface area contributed by atoms with Crippen LogP contribution in [0.4, 0.5) is 11.6 Å². The van der Waals surface area contributed by atoms with Crippen molar-refractivity contribution in [2.24, 2.45) is 0 Å². The molecule has 0 radical (unpaired) electrons. The molecule has 11 heteroatoms. The Bertz CT molecular complexity index is 1050. The zero-order valence-electron chi connectivity index (χ0n) is 15.8. The summed E-state index contributed by atoms with van der Waals surface area (Å²) in [5.41, 5.74) is 1.59. The first-order chi connectivity index (χ1) is 13.6. The van der Waals surface area contributed by atoms with Gasteiger partial charge in [-0.15, -0.1) is 0 Å². The van der Waals surface area contributed by atoms with Crippen LogP contribution in [-0.4, -0.2) is 47.6 Å². The van der Waals surface area contributed by atoms with Gasteiger partial charge in [0, 0.05) is 29.9 Å². The van der Waals surface area contributed by atoms with Crippen molar-refractivity contribution in [1.82, 2.24) is 14.9 Å². The van der Waals surface area contributed by atoms with Gasteiger partial charge in [0.15, 0.2) is 0 Å². The number of imide groups is 1. The third kappa shape index (κ3) is 4.93. The summed E-state index contributed by atoms with van der Waals surface area (Å²) in [7, 11) is -3.91. The fourth-order valence-electron chi connectivity index (χ4n) is 2.81. The SMILES string of the molecule is Cc1cc(C)nc(NS(=O)(=O)c2ccc(NC(=O)CN3C(=O)CCC3=O)cc2)n1. The molecule has 1 aliphatic heterocycles. The van der Waals surface area contributed by atoms with E-state index >= 15 is 0 Å². The molecule has 152 valence electrons. The summed E-state index contributed by atoms with van der Waals surface area (Å²) in [5.74, 6) is -1.34. The summed E-state index contributed by atoms with van der Waals surface area (Å²) in [6, 6.07) is 7.16. The lowest BCUT2D eigenvalue weighted by Crippen LogP contribution is -2.36. The largest absolute Gasteiger partial charge is 0.325 e. The summed E-state index contributed by atoms with van der Waals surface area (Å²) in [5, 5.41) is 2.53. The molecule has 10 nitrogen and oxygen atoms in total. The van der Waals surface area contributed by atoms with Gasteiger partial charge in [-0.05, 0) is 44.2 Å². The lowest BCUT2D eigenvalue weighted by atomic mass is 10.3. The number of aryl methyl sites for hydroxylation is 2. The van der Waals surface area contributed by atoms with Crippen molar-refractivity contribution in [2.45, 2.75) is 31.6 Å². The minimum atomic E-state index is -3.91. The fourth-order valence-corrected chi connectivity index (χ4v) is 3.76. The van der Waals surface area contributed by atoms with Crippen molar-refractivity contribution in [2.75, 3.05) is 16.6 Å². The van der Waals surface area contributed by atoms with E-state index in [4.69, 9.17) is 0 Å². The van der Waals surface area contributed by atoms with E-state index in [1.807, 2.05) is 0 Å². The van der Waals surface area contributed by atoms with Crippen LogP contribution in [0, 0.1) is 13.8 Å². The van der Waals surface area contributed by atoms with Crippen molar-refractivity contribution in [3.8, 4) is 0 Å². The average Bonchev–Trinajstić information content (AvgIpc) is 2.93. The normalized spacial score (nSPS) is 14.2. The number of rotatable bonds is 6. The number of aromatic nitrogens is 2. The topological polar surface area (TPSA) is 138 Å². The number of carbonyl (C=O) groups is 3. The van der Waals surface area contributed by atoms with Gasteiger partial charge in [-0.1, -0.05) is 0 Å². The molecule has 0 bridgehead atoms. The Balaban J connectivity index is 1.66. The van der Waals surface area contributed by atoms with E-state index < -0.39 is 15.9 Å². The van der Waals surface area contributed by atoms with E-state index in [9.17, 15) is 22.8 Å². The van der Waals surface area contributed by atoms with Crippen molar-refractivity contribution in [3.05, 3.63) is 41.7 Å². The van der Waals surface area contributed by atoms with Crippen molar-refractivity contribution < 1.29 is 22.8 Å². The number of likely N-dealkylation sites (tertiary alicyclic amines) is 1. The number of hydrogen-bond acceptors (Lipinski definition) is 7. The van der Waals surface area contributed by atoms with Gasteiger partial charge in [0.2, 0.25) is 23.7 Å². The number of nitrogens with one attached hydrogen (secondary N) is 2. The molecule has 2 N–H and O–H groups in total. The summed E-state index contributed by atoms with van der Waals surface area (Å²) in [6.07, 6.45) is 0.214. The van der Waals surface area contributed by atoms with Crippen LogP contribution in [0.5, 0.6) is 0 Å². The average molecular weight is 417 g/mol. The predicted molar refractivity (Wildman–Crippen MR) is 103 cm³/mol. The zero-order chi connectivity index (χ0) is 21.2. The van der Waals surface area contributed by atoms with E-state index in [0.29, 0.717) is 17.1 Å². The Labute approximate surface area is 167 Å². The Kier molecular flexibility index (Phi) is 5.59. The highest BCUT2D eigenvalue weighted by Gasteiger charge is 2.30. The van der Waals surface area contributed by atoms with Gasteiger partial charge in [-0.3, -0.25) is 19.3 Å². The number of sulfonamides is 1. The van der Waals surface area contributed by atoms with Crippen LogP contribution in [0.3, 0.4) is 0 Å². The molecule has 3 amide bonds. The van der Waals surface area contributed by atoms with Crippen LogP contribution in [0.15, 0.2) is 35.2 Å². The van der Waals surface area contributed by atoms with Gasteiger partial charge >= 0.3 is 0 Å². The Hall–Kier alpha value is -3.34. The standard InChI is InChI=1S/C18H19N5O5S/c1-11-9-12(2)20-18(19-11)22-29(27,28)14-5-3-13(4-6-14)21-15(24)10-23-16(25)7-8-17(23)26/h3-6,9H,7-8,10H2,1-2H3,(H,21,24)(H,19,20,22). The van der Waals surface area contributed by atoms with Gasteiger partial charge in [0.05, 0.1) is 4.90 Å². The molecule has 29 heavy (non-hydrogen) atoms. The summed E-state index contributed by atoms with van der Waals surface area (Å²) in [6.45, 7) is 3.09. The van der Waals surface area contributed by atoms with Gasteiger partial charge < -0.3 is 5.32 Å². The van der Waals surface area contributed by atoms with Gasteiger partial charge in [0.1, 0.15) is 6.54 Å². The van der Waals surface area contributed by atoms with Crippen LogP contribution in [0.1, 0.15) is 24.2 Å².